The van der Waals surface area contributed by atoms with Gasteiger partial charge in [0.15, 0.2) is 6.10 Å². The lowest BCUT2D eigenvalue weighted by Crippen LogP contribution is -2.29. The molecule has 0 saturated carbocycles. The summed E-state index contributed by atoms with van der Waals surface area (Å²) in [5.41, 5.74) is 0.714. The molecule has 11 nitrogen and oxygen atoms in total. The van der Waals surface area contributed by atoms with Gasteiger partial charge in [-0.05, 0) is 55.5 Å². The zero-order chi connectivity index (χ0) is 23.5. The number of hydrogen-bond donors (Lipinski definition) is 2. The number of nitro benzene ring substituents is 1. The number of nitrogens with two attached hydrogens (primary N) is 1. The molecule has 3 aromatic rings. The number of rotatable bonds is 7. The van der Waals surface area contributed by atoms with Crippen LogP contribution < -0.4 is 10.5 Å². The summed E-state index contributed by atoms with van der Waals surface area (Å²) in [4.78, 5) is 34.6. The summed E-state index contributed by atoms with van der Waals surface area (Å²) in [6.45, 7) is 1.35. The van der Waals surface area contributed by atoms with E-state index in [0.29, 0.717) is 11.3 Å². The van der Waals surface area contributed by atoms with E-state index in [1.807, 2.05) is 0 Å². The second-order valence-corrected chi connectivity index (χ2v) is 8.14. The Hall–Kier alpha value is -4.03. The molecular weight excluding hydrogens is 442 g/mol. The number of nitrogens with zero attached hydrogens (tertiary/aromatic N) is 1. The highest BCUT2D eigenvalue weighted by Gasteiger charge is 2.22. The summed E-state index contributed by atoms with van der Waals surface area (Å²) in [7, 11) is -3.86. The Morgan fingerprint density at radius 3 is 2.25 bits per heavy atom. The molecule has 0 bridgehead atoms. The van der Waals surface area contributed by atoms with Crippen molar-refractivity contribution in [2.75, 3.05) is 5.32 Å². The number of benzene rings is 2. The number of nitro groups is 1. The topological polar surface area (TPSA) is 172 Å². The van der Waals surface area contributed by atoms with Crippen molar-refractivity contribution >= 4 is 33.3 Å². The SMILES string of the molecule is CC(OC(=O)c1ccc(-c2ccc([N+](=O)[O-])cc2)o1)C(=O)Nc1ccc(S(N)(=O)=O)cc1. The minimum Gasteiger partial charge on any atom is -0.449 e. The first-order chi connectivity index (χ1) is 15.0. The smallest absolute Gasteiger partial charge is 0.375 e. The average molecular weight is 459 g/mol. The lowest BCUT2D eigenvalue weighted by atomic mass is 10.1. The fraction of sp³-hybridized carbons (Fsp3) is 0.100. The number of amides is 1. The molecule has 166 valence electrons. The molecule has 0 aliphatic carbocycles. The van der Waals surface area contributed by atoms with Gasteiger partial charge in [0.25, 0.3) is 11.6 Å². The predicted octanol–water partition coefficient (Wildman–Crippen LogP) is 2.69. The number of sulfonamides is 1. The predicted molar refractivity (Wildman–Crippen MR) is 112 cm³/mol. The Labute approximate surface area is 182 Å². The maximum absolute atomic E-state index is 12.3. The van der Waals surface area contributed by atoms with E-state index in [-0.39, 0.29) is 22.0 Å². The Kier molecular flexibility index (Phi) is 6.37. The van der Waals surface area contributed by atoms with E-state index >= 15 is 0 Å². The van der Waals surface area contributed by atoms with Gasteiger partial charge in [0.1, 0.15) is 5.76 Å². The van der Waals surface area contributed by atoms with Crippen LogP contribution in [0.4, 0.5) is 11.4 Å². The fourth-order valence-electron chi connectivity index (χ4n) is 2.59. The molecule has 1 amide bonds. The molecule has 1 atom stereocenters. The highest BCUT2D eigenvalue weighted by atomic mass is 32.2. The van der Waals surface area contributed by atoms with Crippen LogP contribution in [0.1, 0.15) is 17.5 Å². The van der Waals surface area contributed by atoms with Crippen LogP contribution >= 0.6 is 0 Å². The largest absolute Gasteiger partial charge is 0.449 e. The van der Waals surface area contributed by atoms with Gasteiger partial charge in [-0.25, -0.2) is 18.4 Å². The van der Waals surface area contributed by atoms with Crippen LogP contribution in [0.5, 0.6) is 0 Å². The molecule has 0 radical (unpaired) electrons. The van der Waals surface area contributed by atoms with Crippen molar-refractivity contribution in [1.29, 1.82) is 0 Å². The number of furan rings is 1. The molecular formula is C20H17N3O8S. The molecule has 1 unspecified atom stereocenters. The van der Waals surface area contributed by atoms with Gasteiger partial charge < -0.3 is 14.5 Å². The van der Waals surface area contributed by atoms with Crippen LogP contribution in [0.15, 0.2) is 70.0 Å². The molecule has 3 N–H and O–H groups in total. The van der Waals surface area contributed by atoms with Crippen molar-refractivity contribution in [3.63, 3.8) is 0 Å². The normalized spacial score (nSPS) is 12.1. The highest BCUT2D eigenvalue weighted by molar-refractivity contribution is 7.89. The third-order valence-electron chi connectivity index (χ3n) is 4.27. The number of anilines is 1. The quantitative estimate of drug-likeness (QED) is 0.308. The van der Waals surface area contributed by atoms with E-state index in [0.717, 1.165) is 0 Å². The molecule has 2 aromatic carbocycles. The molecule has 0 aliphatic rings. The number of ether oxygens (including phenoxy) is 1. The molecule has 0 aliphatic heterocycles. The van der Waals surface area contributed by atoms with Crippen LogP contribution in [-0.4, -0.2) is 31.3 Å². The van der Waals surface area contributed by atoms with Gasteiger partial charge >= 0.3 is 5.97 Å². The summed E-state index contributed by atoms with van der Waals surface area (Å²) in [5.74, 6) is -1.40. The van der Waals surface area contributed by atoms with Crippen molar-refractivity contribution < 1.29 is 32.1 Å². The summed E-state index contributed by atoms with van der Waals surface area (Å²) in [5, 5.41) is 18.2. The van der Waals surface area contributed by atoms with Crippen molar-refractivity contribution in [3.05, 3.63) is 76.5 Å². The van der Waals surface area contributed by atoms with E-state index < -0.39 is 32.9 Å². The van der Waals surface area contributed by atoms with Gasteiger partial charge in [-0.3, -0.25) is 14.9 Å². The Morgan fingerprint density at radius 2 is 1.69 bits per heavy atom. The number of hydrogen-bond acceptors (Lipinski definition) is 8. The third kappa shape index (κ3) is 5.36. The summed E-state index contributed by atoms with van der Waals surface area (Å²) >= 11 is 0. The van der Waals surface area contributed by atoms with Gasteiger partial charge in [-0.1, -0.05) is 0 Å². The minimum absolute atomic E-state index is 0.0842. The standard InChI is InChI=1S/C20H17N3O8S/c1-12(19(24)22-14-4-8-16(9-5-14)32(21,28)29)30-20(25)18-11-10-17(31-18)13-2-6-15(7-3-13)23(26)27/h2-12H,1H3,(H,22,24)(H2,21,28,29). The van der Waals surface area contributed by atoms with Gasteiger partial charge in [0, 0.05) is 23.4 Å². The van der Waals surface area contributed by atoms with E-state index in [4.69, 9.17) is 14.3 Å². The van der Waals surface area contributed by atoms with E-state index in [2.05, 4.69) is 5.32 Å². The zero-order valence-electron chi connectivity index (χ0n) is 16.5. The molecule has 1 aromatic heterocycles. The summed E-state index contributed by atoms with van der Waals surface area (Å²) in [6, 6.07) is 13.5. The number of carbonyl (C=O) groups excluding carboxylic acids is 2. The average Bonchev–Trinajstić information content (AvgIpc) is 3.24. The maximum Gasteiger partial charge on any atom is 0.375 e. The second kappa shape index (κ2) is 8.99. The molecule has 0 saturated heterocycles. The Bertz CT molecular complexity index is 1260. The van der Waals surface area contributed by atoms with Crippen molar-refractivity contribution in [3.8, 4) is 11.3 Å². The Balaban J connectivity index is 1.61. The number of carbonyl (C=O) groups is 2. The number of primary sulfonamides is 1. The first-order valence-corrected chi connectivity index (χ1v) is 10.6. The van der Waals surface area contributed by atoms with E-state index in [9.17, 15) is 28.1 Å². The minimum atomic E-state index is -3.86. The molecule has 1 heterocycles. The van der Waals surface area contributed by atoms with Gasteiger partial charge in [-0.2, -0.15) is 0 Å². The lowest BCUT2D eigenvalue weighted by Gasteiger charge is -2.13. The highest BCUT2D eigenvalue weighted by Crippen LogP contribution is 2.25. The van der Waals surface area contributed by atoms with Gasteiger partial charge in [0.2, 0.25) is 15.8 Å². The van der Waals surface area contributed by atoms with Gasteiger partial charge in [-0.15, -0.1) is 0 Å². The fourth-order valence-corrected chi connectivity index (χ4v) is 3.11. The van der Waals surface area contributed by atoms with Crippen LogP contribution in [-0.2, 0) is 19.6 Å². The zero-order valence-corrected chi connectivity index (χ0v) is 17.4. The van der Waals surface area contributed by atoms with E-state index in [1.54, 1.807) is 0 Å². The third-order valence-corrected chi connectivity index (χ3v) is 5.20. The molecule has 32 heavy (non-hydrogen) atoms. The summed E-state index contributed by atoms with van der Waals surface area (Å²) < 4.78 is 33.1. The number of nitrogens with one attached hydrogen (secondary N) is 1. The second-order valence-electron chi connectivity index (χ2n) is 6.57. The Morgan fingerprint density at radius 1 is 1.06 bits per heavy atom. The van der Waals surface area contributed by atoms with Gasteiger partial charge in [0.05, 0.1) is 9.82 Å². The molecule has 12 heteroatoms. The molecule has 3 rings (SSSR count). The monoisotopic (exact) mass is 459 g/mol. The first kappa shape index (κ1) is 22.7. The molecule has 0 spiro atoms. The van der Waals surface area contributed by atoms with Crippen LogP contribution in [0.3, 0.4) is 0 Å². The first-order valence-electron chi connectivity index (χ1n) is 9.04. The van der Waals surface area contributed by atoms with Crippen LogP contribution in [0.2, 0.25) is 0 Å². The van der Waals surface area contributed by atoms with Crippen molar-refractivity contribution in [1.82, 2.24) is 0 Å². The van der Waals surface area contributed by atoms with E-state index in [1.165, 1.54) is 67.6 Å². The lowest BCUT2D eigenvalue weighted by molar-refractivity contribution is -0.384. The maximum atomic E-state index is 12.3. The molecule has 0 fully saturated rings. The number of non-ortho nitro benzene ring substituents is 1. The number of esters is 1. The van der Waals surface area contributed by atoms with Crippen molar-refractivity contribution in [2.45, 2.75) is 17.9 Å². The van der Waals surface area contributed by atoms with Crippen LogP contribution in [0.25, 0.3) is 11.3 Å². The van der Waals surface area contributed by atoms with Crippen molar-refractivity contribution in [2.24, 2.45) is 5.14 Å². The van der Waals surface area contributed by atoms with Crippen LogP contribution in [0, 0.1) is 10.1 Å². The summed E-state index contributed by atoms with van der Waals surface area (Å²) in [6.07, 6.45) is -1.19.